The van der Waals surface area contributed by atoms with Gasteiger partial charge in [0, 0.05) is 24.2 Å². The van der Waals surface area contributed by atoms with E-state index in [2.05, 4.69) is 10.7 Å². The van der Waals surface area contributed by atoms with Crippen molar-refractivity contribution in [3.8, 4) is 0 Å². The van der Waals surface area contributed by atoms with Crippen LogP contribution < -0.4 is 5.32 Å². The maximum atomic E-state index is 12.1. The van der Waals surface area contributed by atoms with Gasteiger partial charge < -0.3 is 10.2 Å². The van der Waals surface area contributed by atoms with E-state index in [0.717, 1.165) is 5.56 Å². The molecule has 22 heavy (non-hydrogen) atoms. The monoisotopic (exact) mass is 319 g/mol. The van der Waals surface area contributed by atoms with Crippen molar-refractivity contribution >= 4 is 22.9 Å². The minimum Gasteiger partial charge on any atom is -0.350 e. The summed E-state index contributed by atoms with van der Waals surface area (Å²) in [5.41, 5.74) is 1.54. The molecule has 1 atom stereocenters. The number of rotatable bonds is 6. The van der Waals surface area contributed by atoms with E-state index in [4.69, 9.17) is 0 Å². The van der Waals surface area contributed by atoms with Crippen LogP contribution in [-0.4, -0.2) is 36.4 Å². The topological polar surface area (TPSA) is 75.5 Å². The van der Waals surface area contributed by atoms with E-state index in [9.17, 15) is 14.9 Å². The summed E-state index contributed by atoms with van der Waals surface area (Å²) in [5, 5.41) is 17.5. The van der Waals surface area contributed by atoms with Crippen molar-refractivity contribution in [3.63, 3.8) is 0 Å². The number of hydrogen-bond acceptors (Lipinski definition) is 5. The van der Waals surface area contributed by atoms with Crippen molar-refractivity contribution < 1.29 is 9.72 Å². The molecule has 0 aliphatic rings. The molecule has 1 aromatic carbocycles. The van der Waals surface area contributed by atoms with Crippen LogP contribution in [0.4, 0.5) is 5.69 Å². The zero-order valence-electron chi connectivity index (χ0n) is 12.4. The van der Waals surface area contributed by atoms with E-state index < -0.39 is 4.92 Å². The Balaban J connectivity index is 2.00. The summed E-state index contributed by atoms with van der Waals surface area (Å²) in [6.07, 6.45) is 0. The van der Waals surface area contributed by atoms with Crippen LogP contribution in [0.15, 0.2) is 41.1 Å². The molecule has 2 aromatic rings. The van der Waals surface area contributed by atoms with Gasteiger partial charge in [-0.3, -0.25) is 14.9 Å². The fourth-order valence-corrected chi connectivity index (χ4v) is 2.80. The van der Waals surface area contributed by atoms with Crippen LogP contribution in [0.2, 0.25) is 0 Å². The van der Waals surface area contributed by atoms with Crippen LogP contribution in [0, 0.1) is 10.1 Å². The number of likely N-dealkylation sites (N-methyl/N-ethyl adjacent to an activating group) is 1. The van der Waals surface area contributed by atoms with Crippen molar-refractivity contribution in [2.75, 3.05) is 20.6 Å². The SMILES string of the molecule is CN(C)[C@H](CNC(=O)c1ccc([N+](=O)[O-])cc1)c1ccsc1. The Morgan fingerprint density at radius 2 is 2.00 bits per heavy atom. The number of nitro benzene ring substituents is 1. The summed E-state index contributed by atoms with van der Waals surface area (Å²) in [4.78, 5) is 24.3. The van der Waals surface area contributed by atoms with Crippen LogP contribution in [0.1, 0.15) is 22.0 Å². The van der Waals surface area contributed by atoms with Gasteiger partial charge in [0.1, 0.15) is 0 Å². The molecule has 0 spiro atoms. The number of benzene rings is 1. The molecule has 0 saturated heterocycles. The lowest BCUT2D eigenvalue weighted by Gasteiger charge is -2.24. The molecular weight excluding hydrogens is 302 g/mol. The molecule has 0 aliphatic carbocycles. The molecule has 7 heteroatoms. The van der Waals surface area contributed by atoms with Gasteiger partial charge in [-0.25, -0.2) is 0 Å². The molecule has 1 amide bonds. The number of non-ortho nitro benzene ring substituents is 1. The van der Waals surface area contributed by atoms with Gasteiger partial charge in [0.05, 0.1) is 11.0 Å². The van der Waals surface area contributed by atoms with Gasteiger partial charge >= 0.3 is 0 Å². The summed E-state index contributed by atoms with van der Waals surface area (Å²) in [7, 11) is 3.92. The Kier molecular flexibility index (Phi) is 5.24. The number of carbonyl (C=O) groups excluding carboxylic acids is 1. The van der Waals surface area contributed by atoms with E-state index in [1.54, 1.807) is 11.3 Å². The highest BCUT2D eigenvalue weighted by atomic mass is 32.1. The summed E-state index contributed by atoms with van der Waals surface area (Å²) < 4.78 is 0. The average molecular weight is 319 g/mol. The first-order valence-electron chi connectivity index (χ1n) is 6.70. The van der Waals surface area contributed by atoms with Crippen LogP contribution in [0.3, 0.4) is 0 Å². The quantitative estimate of drug-likeness (QED) is 0.656. The highest BCUT2D eigenvalue weighted by Gasteiger charge is 2.16. The first-order chi connectivity index (χ1) is 10.5. The van der Waals surface area contributed by atoms with Gasteiger partial charge in [0.25, 0.3) is 11.6 Å². The molecule has 1 heterocycles. The molecule has 1 aromatic heterocycles. The zero-order valence-corrected chi connectivity index (χ0v) is 13.2. The number of hydrogen-bond donors (Lipinski definition) is 1. The largest absolute Gasteiger partial charge is 0.350 e. The predicted octanol–water partition coefficient (Wildman–Crippen LogP) is 2.69. The maximum absolute atomic E-state index is 12.1. The Morgan fingerprint density at radius 3 is 2.50 bits per heavy atom. The Hall–Kier alpha value is -2.25. The molecule has 0 saturated carbocycles. The molecule has 0 fully saturated rings. The molecule has 0 radical (unpaired) electrons. The summed E-state index contributed by atoms with van der Waals surface area (Å²) in [6.45, 7) is 0.472. The minimum absolute atomic E-state index is 0.0269. The van der Waals surface area contributed by atoms with Crippen LogP contribution in [0.25, 0.3) is 0 Å². The number of nitrogens with zero attached hydrogens (tertiary/aromatic N) is 2. The first-order valence-corrected chi connectivity index (χ1v) is 7.64. The Morgan fingerprint density at radius 1 is 1.32 bits per heavy atom. The van der Waals surface area contributed by atoms with Gasteiger partial charge in [-0.2, -0.15) is 11.3 Å². The first kappa shape index (κ1) is 16.1. The molecule has 2 rings (SSSR count). The molecule has 0 bridgehead atoms. The summed E-state index contributed by atoms with van der Waals surface area (Å²) >= 11 is 1.62. The molecule has 116 valence electrons. The van der Waals surface area contributed by atoms with E-state index >= 15 is 0 Å². The van der Waals surface area contributed by atoms with Gasteiger partial charge in [-0.15, -0.1) is 0 Å². The van der Waals surface area contributed by atoms with E-state index in [1.165, 1.54) is 24.3 Å². The van der Waals surface area contributed by atoms with Crippen molar-refractivity contribution in [3.05, 3.63) is 62.3 Å². The third-order valence-corrected chi connectivity index (χ3v) is 4.05. The lowest BCUT2D eigenvalue weighted by atomic mass is 10.1. The van der Waals surface area contributed by atoms with Crippen molar-refractivity contribution in [2.45, 2.75) is 6.04 Å². The maximum Gasteiger partial charge on any atom is 0.269 e. The minimum atomic E-state index is -0.486. The second-order valence-corrected chi connectivity index (χ2v) is 5.83. The third-order valence-electron chi connectivity index (χ3n) is 3.35. The summed E-state index contributed by atoms with van der Waals surface area (Å²) in [6, 6.07) is 7.71. The number of thiophene rings is 1. The third kappa shape index (κ3) is 3.90. The van der Waals surface area contributed by atoms with Crippen molar-refractivity contribution in [2.24, 2.45) is 0 Å². The van der Waals surface area contributed by atoms with E-state index in [1.807, 2.05) is 30.4 Å². The van der Waals surface area contributed by atoms with Crippen molar-refractivity contribution in [1.29, 1.82) is 0 Å². The fourth-order valence-electron chi connectivity index (χ4n) is 2.09. The molecule has 1 N–H and O–H groups in total. The van der Waals surface area contributed by atoms with E-state index in [0.29, 0.717) is 12.1 Å². The molecular formula is C15H17N3O3S. The second kappa shape index (κ2) is 7.15. The Bertz CT molecular complexity index is 639. The number of nitrogens with one attached hydrogen (secondary N) is 1. The molecule has 0 unspecified atom stereocenters. The van der Waals surface area contributed by atoms with Crippen LogP contribution >= 0.6 is 11.3 Å². The van der Waals surface area contributed by atoms with Gasteiger partial charge in [0.2, 0.25) is 0 Å². The second-order valence-electron chi connectivity index (χ2n) is 5.05. The van der Waals surface area contributed by atoms with Gasteiger partial charge in [-0.1, -0.05) is 0 Å². The van der Waals surface area contributed by atoms with Crippen LogP contribution in [0.5, 0.6) is 0 Å². The van der Waals surface area contributed by atoms with Crippen molar-refractivity contribution in [1.82, 2.24) is 10.2 Å². The van der Waals surface area contributed by atoms with Gasteiger partial charge in [-0.05, 0) is 48.6 Å². The smallest absolute Gasteiger partial charge is 0.269 e. The normalized spacial score (nSPS) is 12.1. The predicted molar refractivity (Wildman–Crippen MR) is 86.2 cm³/mol. The Labute approximate surface area is 132 Å². The molecule has 0 aliphatic heterocycles. The highest BCUT2D eigenvalue weighted by Crippen LogP contribution is 2.20. The number of carbonyl (C=O) groups is 1. The lowest BCUT2D eigenvalue weighted by molar-refractivity contribution is -0.384. The average Bonchev–Trinajstić information content (AvgIpc) is 3.01. The fraction of sp³-hybridized carbons (Fsp3) is 0.267. The lowest BCUT2D eigenvalue weighted by Crippen LogP contribution is -2.34. The zero-order chi connectivity index (χ0) is 16.1. The highest BCUT2D eigenvalue weighted by molar-refractivity contribution is 7.07. The van der Waals surface area contributed by atoms with Crippen LogP contribution in [-0.2, 0) is 0 Å². The number of nitro groups is 1. The summed E-state index contributed by atoms with van der Waals surface area (Å²) in [5.74, 6) is -0.239. The number of amides is 1. The standard InChI is InChI=1S/C15H17N3O3S/c1-17(2)14(12-7-8-22-10-12)9-16-15(19)11-3-5-13(6-4-11)18(20)21/h3-8,10,14H,9H2,1-2H3,(H,16,19)/t14-/m1/s1. The molecule has 6 nitrogen and oxygen atoms in total. The van der Waals surface area contributed by atoms with Gasteiger partial charge in [0.15, 0.2) is 0 Å². The van der Waals surface area contributed by atoms with E-state index in [-0.39, 0.29) is 17.6 Å².